The minimum Gasteiger partial charge on any atom is -0.462 e. The highest BCUT2D eigenvalue weighted by atomic mass is 16.7. The van der Waals surface area contributed by atoms with Crippen LogP contribution >= 0.6 is 0 Å². The Morgan fingerprint density at radius 2 is 2.11 bits per heavy atom. The first-order chi connectivity index (χ1) is 12.8. The standard InChI is InChI=1S/C18H22N2O7/c1-8-5-14(23)26-12-6-10(3-4-11(8)12)25-18-16(20-9(2)22)17(24)15(19)13(7-21)27-18/h3-6,13,15-18,21,24H,7,19H2,1-2H3,(H,20,22)/t13-,15-,16-,17+,18-/m1/s1. The van der Waals surface area contributed by atoms with E-state index >= 15 is 0 Å². The number of fused-ring (bicyclic) bond motifs is 1. The molecule has 5 N–H and O–H groups in total. The number of benzene rings is 1. The summed E-state index contributed by atoms with van der Waals surface area (Å²) in [6, 6.07) is 4.45. The summed E-state index contributed by atoms with van der Waals surface area (Å²) in [6.07, 6.45) is -3.16. The van der Waals surface area contributed by atoms with Crippen LogP contribution in [-0.4, -0.2) is 53.3 Å². The molecule has 0 aliphatic carbocycles. The van der Waals surface area contributed by atoms with E-state index in [1.54, 1.807) is 19.1 Å². The molecule has 0 spiro atoms. The van der Waals surface area contributed by atoms with Gasteiger partial charge in [-0.25, -0.2) is 4.79 Å². The average Bonchev–Trinajstić information content (AvgIpc) is 2.60. The van der Waals surface area contributed by atoms with Crippen LogP contribution in [0, 0.1) is 6.92 Å². The van der Waals surface area contributed by atoms with Gasteiger partial charge in [-0.05, 0) is 24.6 Å². The average molecular weight is 378 g/mol. The lowest BCUT2D eigenvalue weighted by Gasteiger charge is -2.42. The van der Waals surface area contributed by atoms with Gasteiger partial charge in [0.2, 0.25) is 12.2 Å². The fourth-order valence-electron chi connectivity index (χ4n) is 3.13. The molecule has 1 aromatic heterocycles. The number of amides is 1. The van der Waals surface area contributed by atoms with Crippen LogP contribution in [0.5, 0.6) is 5.75 Å². The summed E-state index contributed by atoms with van der Waals surface area (Å²) in [5.41, 5.74) is 6.49. The SMILES string of the molecule is CC(=O)N[C@H]1[C@H](Oc2ccc3c(C)cc(=O)oc3c2)O[C@H](CO)[C@@H](N)[C@@H]1O. The second kappa shape index (κ2) is 7.65. The van der Waals surface area contributed by atoms with E-state index in [2.05, 4.69) is 5.32 Å². The molecular formula is C18H22N2O7. The Morgan fingerprint density at radius 3 is 2.78 bits per heavy atom. The van der Waals surface area contributed by atoms with Crippen molar-refractivity contribution in [3.8, 4) is 5.75 Å². The number of carbonyl (C=O) groups is 1. The molecule has 1 aliphatic heterocycles. The highest BCUT2D eigenvalue weighted by Gasteiger charge is 2.45. The Labute approximate surface area is 154 Å². The number of nitrogens with two attached hydrogens (primary N) is 1. The summed E-state index contributed by atoms with van der Waals surface area (Å²) >= 11 is 0. The summed E-state index contributed by atoms with van der Waals surface area (Å²) in [4.78, 5) is 23.1. The molecule has 5 atom stereocenters. The molecule has 1 amide bonds. The third kappa shape index (κ3) is 3.96. The van der Waals surface area contributed by atoms with Crippen molar-refractivity contribution >= 4 is 16.9 Å². The van der Waals surface area contributed by atoms with Crippen molar-refractivity contribution in [1.29, 1.82) is 0 Å². The monoisotopic (exact) mass is 378 g/mol. The molecule has 146 valence electrons. The number of aryl methyl sites for hydroxylation is 1. The van der Waals surface area contributed by atoms with E-state index in [-0.39, 0.29) is 0 Å². The molecule has 9 heteroatoms. The van der Waals surface area contributed by atoms with E-state index in [0.717, 1.165) is 10.9 Å². The van der Waals surface area contributed by atoms with Crippen molar-refractivity contribution < 1.29 is 28.9 Å². The van der Waals surface area contributed by atoms with E-state index < -0.39 is 48.7 Å². The minimum absolute atomic E-state index is 0.302. The highest BCUT2D eigenvalue weighted by molar-refractivity contribution is 5.81. The zero-order chi connectivity index (χ0) is 19.7. The lowest BCUT2D eigenvalue weighted by atomic mass is 9.95. The Hall–Kier alpha value is -2.46. The van der Waals surface area contributed by atoms with Crippen LogP contribution in [-0.2, 0) is 9.53 Å². The summed E-state index contributed by atoms with van der Waals surface area (Å²) in [5.74, 6) is -0.0954. The number of ether oxygens (including phenoxy) is 2. The maximum absolute atomic E-state index is 11.6. The fourth-order valence-corrected chi connectivity index (χ4v) is 3.13. The zero-order valence-corrected chi connectivity index (χ0v) is 14.9. The van der Waals surface area contributed by atoms with Crippen LogP contribution in [0.15, 0.2) is 33.5 Å². The third-order valence-corrected chi connectivity index (χ3v) is 4.52. The van der Waals surface area contributed by atoms with Gasteiger partial charge >= 0.3 is 5.63 Å². The first-order valence-electron chi connectivity index (χ1n) is 8.48. The summed E-state index contributed by atoms with van der Waals surface area (Å²) < 4.78 is 16.6. The van der Waals surface area contributed by atoms with E-state index in [9.17, 15) is 19.8 Å². The molecule has 9 nitrogen and oxygen atoms in total. The van der Waals surface area contributed by atoms with E-state index in [1.165, 1.54) is 19.1 Å². The van der Waals surface area contributed by atoms with Crippen LogP contribution in [0.3, 0.4) is 0 Å². The maximum atomic E-state index is 11.6. The number of aliphatic hydroxyl groups is 2. The molecule has 3 rings (SSSR count). The number of nitrogens with one attached hydrogen (secondary N) is 1. The smallest absolute Gasteiger partial charge is 0.336 e. The summed E-state index contributed by atoms with van der Waals surface area (Å²) in [5, 5.41) is 23.1. The van der Waals surface area contributed by atoms with Gasteiger partial charge in [-0.1, -0.05) is 0 Å². The first-order valence-corrected chi connectivity index (χ1v) is 8.48. The van der Waals surface area contributed by atoms with Gasteiger partial charge in [-0.15, -0.1) is 0 Å². The van der Waals surface area contributed by atoms with Crippen LogP contribution in [0.4, 0.5) is 0 Å². The van der Waals surface area contributed by atoms with Crippen LogP contribution < -0.4 is 21.4 Å². The lowest BCUT2D eigenvalue weighted by molar-refractivity contribution is -0.210. The molecule has 1 fully saturated rings. The van der Waals surface area contributed by atoms with Crippen molar-refractivity contribution in [2.45, 2.75) is 44.4 Å². The molecule has 1 aromatic carbocycles. The number of rotatable bonds is 4. The minimum atomic E-state index is -1.19. The lowest BCUT2D eigenvalue weighted by Crippen LogP contribution is -2.67. The third-order valence-electron chi connectivity index (χ3n) is 4.52. The summed E-state index contributed by atoms with van der Waals surface area (Å²) in [6.45, 7) is 2.66. The normalized spacial score (nSPS) is 28.1. The molecule has 0 radical (unpaired) electrons. The number of hydrogen-bond acceptors (Lipinski definition) is 8. The molecule has 1 aliphatic rings. The zero-order valence-electron chi connectivity index (χ0n) is 14.9. The van der Waals surface area contributed by atoms with E-state index in [0.29, 0.717) is 11.3 Å². The van der Waals surface area contributed by atoms with Gasteiger partial charge in [0.15, 0.2) is 0 Å². The number of aliphatic hydroxyl groups excluding tert-OH is 2. The topological polar surface area (TPSA) is 144 Å². The van der Waals surface area contributed by atoms with Gasteiger partial charge < -0.3 is 35.2 Å². The van der Waals surface area contributed by atoms with Crippen molar-refractivity contribution in [2.24, 2.45) is 5.73 Å². The summed E-state index contributed by atoms with van der Waals surface area (Å²) in [7, 11) is 0. The van der Waals surface area contributed by atoms with Crippen molar-refractivity contribution in [3.05, 3.63) is 40.2 Å². The van der Waals surface area contributed by atoms with Crippen molar-refractivity contribution in [1.82, 2.24) is 5.32 Å². The van der Waals surface area contributed by atoms with Gasteiger partial charge in [0.25, 0.3) is 0 Å². The number of carbonyl (C=O) groups excluding carboxylic acids is 1. The van der Waals surface area contributed by atoms with E-state index in [4.69, 9.17) is 19.6 Å². The molecule has 27 heavy (non-hydrogen) atoms. The Bertz CT molecular complexity index is 897. The van der Waals surface area contributed by atoms with Crippen molar-refractivity contribution in [2.75, 3.05) is 6.61 Å². The van der Waals surface area contributed by atoms with Gasteiger partial charge in [-0.2, -0.15) is 0 Å². The highest BCUT2D eigenvalue weighted by Crippen LogP contribution is 2.27. The molecule has 2 heterocycles. The van der Waals surface area contributed by atoms with Gasteiger partial charge in [0, 0.05) is 24.4 Å². The molecule has 2 aromatic rings. The number of hydrogen-bond donors (Lipinski definition) is 4. The van der Waals surface area contributed by atoms with Gasteiger partial charge in [0.1, 0.15) is 23.5 Å². The molecule has 0 saturated carbocycles. The maximum Gasteiger partial charge on any atom is 0.336 e. The largest absolute Gasteiger partial charge is 0.462 e. The second-order valence-electron chi connectivity index (χ2n) is 6.54. The predicted octanol–water partition coefficient (Wildman–Crippen LogP) is -0.610. The Balaban J connectivity index is 1.91. The Morgan fingerprint density at radius 1 is 1.37 bits per heavy atom. The van der Waals surface area contributed by atoms with Crippen molar-refractivity contribution in [3.63, 3.8) is 0 Å². The molecular weight excluding hydrogens is 356 g/mol. The molecule has 0 unspecified atom stereocenters. The second-order valence-corrected chi connectivity index (χ2v) is 6.54. The molecule has 1 saturated heterocycles. The Kier molecular flexibility index (Phi) is 5.47. The van der Waals surface area contributed by atoms with Crippen LogP contribution in [0.2, 0.25) is 0 Å². The van der Waals surface area contributed by atoms with E-state index in [1.807, 2.05) is 0 Å². The van der Waals surface area contributed by atoms with Crippen LogP contribution in [0.25, 0.3) is 11.0 Å². The van der Waals surface area contributed by atoms with Gasteiger partial charge in [-0.3, -0.25) is 4.79 Å². The predicted molar refractivity (Wildman–Crippen MR) is 95.2 cm³/mol. The van der Waals surface area contributed by atoms with Gasteiger partial charge in [0.05, 0.1) is 18.8 Å². The first kappa shape index (κ1) is 19.3. The van der Waals surface area contributed by atoms with Crippen LogP contribution in [0.1, 0.15) is 12.5 Å². The molecule has 0 bridgehead atoms. The quantitative estimate of drug-likeness (QED) is 0.516. The fraction of sp³-hybridized carbons (Fsp3) is 0.444.